The number of benzene rings is 1. The van der Waals surface area contributed by atoms with Crippen molar-refractivity contribution in [3.05, 3.63) is 35.4 Å². The Hall–Kier alpha value is -1.84. The molecule has 1 heterocycles. The lowest BCUT2D eigenvalue weighted by molar-refractivity contribution is -0.142. The molecule has 1 aliphatic heterocycles. The van der Waals surface area contributed by atoms with Gasteiger partial charge in [0.15, 0.2) is 0 Å². The van der Waals surface area contributed by atoms with E-state index < -0.39 is 11.9 Å². The zero-order valence-corrected chi connectivity index (χ0v) is 11.6. The molecule has 1 aromatic carbocycles. The Morgan fingerprint density at radius 2 is 2.00 bits per heavy atom. The molecule has 4 nitrogen and oxygen atoms in total. The summed E-state index contributed by atoms with van der Waals surface area (Å²) in [5.74, 6) is -1.56. The molecule has 2 fully saturated rings. The van der Waals surface area contributed by atoms with Gasteiger partial charge in [-0.05, 0) is 37.3 Å². The van der Waals surface area contributed by atoms with Crippen LogP contribution in [0, 0.1) is 18.8 Å². The van der Waals surface area contributed by atoms with E-state index >= 15 is 0 Å². The highest BCUT2D eigenvalue weighted by Crippen LogP contribution is 2.44. The van der Waals surface area contributed by atoms with Gasteiger partial charge < -0.3 is 10.0 Å². The highest BCUT2D eigenvalue weighted by atomic mass is 16.4. The predicted octanol–water partition coefficient (Wildman–Crippen LogP) is 2.38. The third-order valence-corrected chi connectivity index (χ3v) is 4.51. The minimum Gasteiger partial charge on any atom is -0.481 e. The van der Waals surface area contributed by atoms with E-state index in [1.165, 1.54) is 11.1 Å². The second kappa shape index (κ2) is 4.93. The predicted molar refractivity (Wildman–Crippen MR) is 74.1 cm³/mol. The number of likely N-dealkylation sites (tertiary alicyclic amines) is 1. The Labute approximate surface area is 118 Å². The largest absolute Gasteiger partial charge is 0.481 e. The van der Waals surface area contributed by atoms with E-state index in [9.17, 15) is 9.59 Å². The van der Waals surface area contributed by atoms with Crippen LogP contribution in [0.4, 0.5) is 0 Å². The number of carboxylic acids is 1. The van der Waals surface area contributed by atoms with Gasteiger partial charge in [0, 0.05) is 6.54 Å². The third kappa shape index (κ3) is 2.19. The van der Waals surface area contributed by atoms with Crippen LogP contribution in [0.25, 0.3) is 0 Å². The number of nitrogens with zero attached hydrogens (tertiary/aromatic N) is 1. The van der Waals surface area contributed by atoms with Gasteiger partial charge in [-0.15, -0.1) is 0 Å². The molecule has 20 heavy (non-hydrogen) atoms. The maximum Gasteiger partial charge on any atom is 0.307 e. The van der Waals surface area contributed by atoms with E-state index in [1.54, 1.807) is 0 Å². The van der Waals surface area contributed by atoms with Crippen molar-refractivity contribution in [3.63, 3.8) is 0 Å². The fourth-order valence-corrected chi connectivity index (χ4v) is 3.27. The molecule has 1 saturated heterocycles. The second-order valence-electron chi connectivity index (χ2n) is 5.83. The Kier molecular flexibility index (Phi) is 3.24. The van der Waals surface area contributed by atoms with Crippen LogP contribution in [0.1, 0.15) is 36.4 Å². The fourth-order valence-electron chi connectivity index (χ4n) is 3.27. The topological polar surface area (TPSA) is 57.6 Å². The molecule has 1 N–H and O–H groups in total. The van der Waals surface area contributed by atoms with Crippen LogP contribution < -0.4 is 0 Å². The second-order valence-corrected chi connectivity index (χ2v) is 5.83. The number of carbonyl (C=O) groups excluding carboxylic acids is 1. The molecule has 3 rings (SSSR count). The zero-order chi connectivity index (χ0) is 14.3. The standard InChI is InChI=1S/C16H19NO3/c1-10-5-2-3-6-11(10)14-7-4-8-17(14)15(18)12-9-13(12)16(19)20/h2-3,5-6,12-14H,4,7-9H2,1H3,(H,19,20)/t12-,13-,14+/m1/s1. The minimum atomic E-state index is -0.838. The van der Waals surface area contributed by atoms with Gasteiger partial charge in [0.05, 0.1) is 17.9 Å². The van der Waals surface area contributed by atoms with Crippen LogP contribution in [0.2, 0.25) is 0 Å². The maximum absolute atomic E-state index is 12.5. The SMILES string of the molecule is Cc1ccccc1[C@@H]1CCCN1C(=O)[C@@H]1C[C@H]1C(=O)O. The van der Waals surface area contributed by atoms with Gasteiger partial charge >= 0.3 is 5.97 Å². The molecule has 0 spiro atoms. The van der Waals surface area contributed by atoms with Crippen molar-refractivity contribution >= 4 is 11.9 Å². The van der Waals surface area contributed by atoms with E-state index in [0.29, 0.717) is 6.42 Å². The van der Waals surface area contributed by atoms with E-state index in [0.717, 1.165) is 19.4 Å². The van der Waals surface area contributed by atoms with Crippen LogP contribution in [0.3, 0.4) is 0 Å². The molecule has 0 bridgehead atoms. The number of rotatable bonds is 3. The minimum absolute atomic E-state index is 0.0307. The van der Waals surface area contributed by atoms with Crippen molar-refractivity contribution in [3.8, 4) is 0 Å². The van der Waals surface area contributed by atoms with Crippen LogP contribution in [-0.2, 0) is 9.59 Å². The average molecular weight is 273 g/mol. The van der Waals surface area contributed by atoms with Gasteiger partial charge in [-0.1, -0.05) is 24.3 Å². The Bertz CT molecular complexity index is 554. The van der Waals surface area contributed by atoms with E-state index in [2.05, 4.69) is 19.1 Å². The van der Waals surface area contributed by atoms with Gasteiger partial charge in [0.2, 0.25) is 5.91 Å². The monoisotopic (exact) mass is 273 g/mol. The van der Waals surface area contributed by atoms with Gasteiger partial charge in [0.25, 0.3) is 0 Å². The van der Waals surface area contributed by atoms with E-state index in [1.807, 2.05) is 17.0 Å². The highest BCUT2D eigenvalue weighted by Gasteiger charge is 2.51. The molecule has 1 aromatic rings. The molecule has 3 atom stereocenters. The summed E-state index contributed by atoms with van der Waals surface area (Å²) in [6.07, 6.45) is 2.47. The van der Waals surface area contributed by atoms with Crippen LogP contribution in [-0.4, -0.2) is 28.4 Å². The number of aliphatic carboxylic acids is 1. The van der Waals surface area contributed by atoms with Crippen molar-refractivity contribution in [2.75, 3.05) is 6.54 Å². The molecule has 1 saturated carbocycles. The van der Waals surface area contributed by atoms with Crippen molar-refractivity contribution in [2.24, 2.45) is 11.8 Å². The first-order valence-corrected chi connectivity index (χ1v) is 7.18. The van der Waals surface area contributed by atoms with Crippen molar-refractivity contribution in [1.82, 2.24) is 4.90 Å². The van der Waals surface area contributed by atoms with Gasteiger partial charge in [-0.2, -0.15) is 0 Å². The first-order valence-electron chi connectivity index (χ1n) is 7.18. The van der Waals surface area contributed by atoms with Gasteiger partial charge in [-0.25, -0.2) is 0 Å². The van der Waals surface area contributed by atoms with Crippen molar-refractivity contribution < 1.29 is 14.7 Å². The smallest absolute Gasteiger partial charge is 0.307 e. The molecule has 4 heteroatoms. The molecule has 0 radical (unpaired) electrons. The number of carboxylic acid groups (broad SMARTS) is 1. The lowest BCUT2D eigenvalue weighted by Crippen LogP contribution is -2.33. The number of hydrogen-bond donors (Lipinski definition) is 1. The summed E-state index contributed by atoms with van der Waals surface area (Å²) >= 11 is 0. The molecule has 1 amide bonds. The van der Waals surface area contributed by atoms with E-state index in [4.69, 9.17) is 5.11 Å². The zero-order valence-electron chi connectivity index (χ0n) is 11.6. The quantitative estimate of drug-likeness (QED) is 0.920. The third-order valence-electron chi connectivity index (χ3n) is 4.51. The van der Waals surface area contributed by atoms with Crippen LogP contribution in [0.15, 0.2) is 24.3 Å². The van der Waals surface area contributed by atoms with Crippen molar-refractivity contribution in [1.29, 1.82) is 0 Å². The molecular weight excluding hydrogens is 254 g/mol. The first kappa shape index (κ1) is 13.2. The van der Waals surface area contributed by atoms with Gasteiger partial charge in [0.1, 0.15) is 0 Å². The van der Waals surface area contributed by atoms with E-state index in [-0.39, 0.29) is 17.9 Å². The van der Waals surface area contributed by atoms with Crippen LogP contribution in [0.5, 0.6) is 0 Å². The van der Waals surface area contributed by atoms with Gasteiger partial charge in [-0.3, -0.25) is 9.59 Å². The molecule has 0 unspecified atom stereocenters. The highest BCUT2D eigenvalue weighted by molar-refractivity contribution is 5.89. The molecule has 2 aliphatic rings. The fraction of sp³-hybridized carbons (Fsp3) is 0.500. The van der Waals surface area contributed by atoms with Crippen LogP contribution >= 0.6 is 0 Å². The maximum atomic E-state index is 12.5. The molecule has 0 aromatic heterocycles. The molecule has 106 valence electrons. The molecule has 1 aliphatic carbocycles. The summed E-state index contributed by atoms with van der Waals surface area (Å²) in [5.41, 5.74) is 2.40. The summed E-state index contributed by atoms with van der Waals surface area (Å²) in [5, 5.41) is 8.97. The first-order chi connectivity index (χ1) is 9.59. The number of carbonyl (C=O) groups is 2. The summed E-state index contributed by atoms with van der Waals surface area (Å²) in [6, 6.07) is 8.27. The Morgan fingerprint density at radius 1 is 1.25 bits per heavy atom. The normalized spacial score (nSPS) is 28.4. The summed E-state index contributed by atoms with van der Waals surface area (Å²) in [6.45, 7) is 2.81. The molecular formula is C16H19NO3. The lowest BCUT2D eigenvalue weighted by atomic mass is 9.99. The number of aryl methyl sites for hydroxylation is 1. The lowest BCUT2D eigenvalue weighted by Gasteiger charge is -2.26. The van der Waals surface area contributed by atoms with Crippen molar-refractivity contribution in [2.45, 2.75) is 32.2 Å². The number of hydrogen-bond acceptors (Lipinski definition) is 2. The Balaban J connectivity index is 1.78. The summed E-state index contributed by atoms with van der Waals surface area (Å²) < 4.78 is 0. The summed E-state index contributed by atoms with van der Waals surface area (Å²) in [4.78, 5) is 25.3. The Morgan fingerprint density at radius 3 is 2.65 bits per heavy atom. The summed E-state index contributed by atoms with van der Waals surface area (Å²) in [7, 11) is 0. The average Bonchev–Trinajstić information content (AvgIpc) is 3.09. The number of amides is 1.